The number of nitrogens with zero attached hydrogens (tertiary/aromatic N) is 2. The molecule has 1 heterocycles. The van der Waals surface area contributed by atoms with Crippen LogP contribution in [0.5, 0.6) is 0 Å². The van der Waals surface area contributed by atoms with Gasteiger partial charge in [0.1, 0.15) is 10.7 Å². The highest BCUT2D eigenvalue weighted by atomic mass is 35.5. The van der Waals surface area contributed by atoms with Gasteiger partial charge in [0.2, 0.25) is 0 Å². The number of hydrogen-bond acceptors (Lipinski definition) is 3. The minimum atomic E-state index is -0.542. The van der Waals surface area contributed by atoms with Gasteiger partial charge in [-0.2, -0.15) is 5.10 Å². The molecule has 0 unspecified atom stereocenters. The monoisotopic (exact) mass is 402 g/mol. The lowest BCUT2D eigenvalue weighted by atomic mass is 10.2. The largest absolute Gasteiger partial charge is 0.274 e. The predicted molar refractivity (Wildman–Crippen MR) is 104 cm³/mol. The Kier molecular flexibility index (Phi) is 5.78. The van der Waals surface area contributed by atoms with Crippen LogP contribution < -0.4 is 10.9 Å². The van der Waals surface area contributed by atoms with E-state index in [2.05, 4.69) is 16.0 Å². The quantitative estimate of drug-likeness (QED) is 0.654. The van der Waals surface area contributed by atoms with Gasteiger partial charge in [-0.25, -0.2) is 4.68 Å². The number of nitrogens with one attached hydrogen (secondary N) is 2. The summed E-state index contributed by atoms with van der Waals surface area (Å²) in [6.45, 7) is 2.12. The molecular formula is C19H16Cl2N4O2. The van der Waals surface area contributed by atoms with Crippen molar-refractivity contribution < 1.29 is 9.59 Å². The summed E-state index contributed by atoms with van der Waals surface area (Å²) in [5, 5.41) is 5.04. The van der Waals surface area contributed by atoms with E-state index < -0.39 is 11.8 Å². The third-order valence-corrected chi connectivity index (χ3v) is 4.50. The summed E-state index contributed by atoms with van der Waals surface area (Å²) < 4.78 is 1.54. The van der Waals surface area contributed by atoms with Crippen LogP contribution in [0, 0.1) is 6.92 Å². The van der Waals surface area contributed by atoms with Crippen LogP contribution in [0.2, 0.25) is 10.2 Å². The van der Waals surface area contributed by atoms with Crippen molar-refractivity contribution in [1.82, 2.24) is 20.6 Å². The van der Waals surface area contributed by atoms with Crippen LogP contribution in [0.4, 0.5) is 0 Å². The van der Waals surface area contributed by atoms with E-state index in [0.29, 0.717) is 22.8 Å². The fourth-order valence-corrected chi connectivity index (χ4v) is 2.97. The summed E-state index contributed by atoms with van der Waals surface area (Å²) in [6.07, 6.45) is 0. The molecule has 0 aliphatic heterocycles. The average Bonchev–Trinajstić information content (AvgIpc) is 2.94. The molecule has 0 fully saturated rings. The summed E-state index contributed by atoms with van der Waals surface area (Å²) in [5.41, 5.74) is 6.76. The summed E-state index contributed by atoms with van der Waals surface area (Å²) in [6, 6.07) is 15.9. The molecule has 0 radical (unpaired) electrons. The number of carbonyl (C=O) groups is 2. The van der Waals surface area contributed by atoms with E-state index in [1.54, 1.807) is 35.9 Å². The highest BCUT2D eigenvalue weighted by Gasteiger charge is 2.21. The van der Waals surface area contributed by atoms with Gasteiger partial charge in [-0.3, -0.25) is 20.4 Å². The second-order valence-corrected chi connectivity index (χ2v) is 6.60. The predicted octanol–water partition coefficient (Wildman–Crippen LogP) is 3.62. The lowest BCUT2D eigenvalue weighted by Gasteiger charge is -2.08. The average molecular weight is 403 g/mol. The van der Waals surface area contributed by atoms with Crippen molar-refractivity contribution in [2.45, 2.75) is 13.5 Å². The van der Waals surface area contributed by atoms with Gasteiger partial charge < -0.3 is 0 Å². The smallest absolute Gasteiger partial charge is 0.267 e. The highest BCUT2D eigenvalue weighted by molar-refractivity contribution is 6.33. The maximum Gasteiger partial charge on any atom is 0.274 e. The molecule has 0 aliphatic rings. The Morgan fingerprint density at radius 1 is 0.963 bits per heavy atom. The first kappa shape index (κ1) is 18.9. The summed E-state index contributed by atoms with van der Waals surface area (Å²) in [4.78, 5) is 24.5. The van der Waals surface area contributed by atoms with Gasteiger partial charge in [-0.05, 0) is 36.8 Å². The van der Waals surface area contributed by atoms with Crippen molar-refractivity contribution in [2.24, 2.45) is 0 Å². The number of hydrogen-bond donors (Lipinski definition) is 2. The molecule has 3 rings (SSSR count). The molecule has 1 aromatic heterocycles. The highest BCUT2D eigenvalue weighted by Crippen LogP contribution is 2.20. The fourth-order valence-electron chi connectivity index (χ4n) is 2.52. The molecule has 2 N–H and O–H groups in total. The lowest BCUT2D eigenvalue weighted by Crippen LogP contribution is -2.41. The van der Waals surface area contributed by atoms with Crippen molar-refractivity contribution in [3.05, 3.63) is 87.2 Å². The molecule has 6 nitrogen and oxygen atoms in total. The van der Waals surface area contributed by atoms with E-state index in [-0.39, 0.29) is 10.7 Å². The Morgan fingerprint density at radius 2 is 1.59 bits per heavy atom. The molecule has 3 aromatic rings. The van der Waals surface area contributed by atoms with Crippen molar-refractivity contribution in [2.75, 3.05) is 0 Å². The first-order valence-electron chi connectivity index (χ1n) is 8.09. The van der Waals surface area contributed by atoms with Crippen LogP contribution in [0.15, 0.2) is 54.6 Å². The van der Waals surface area contributed by atoms with Gasteiger partial charge in [0.25, 0.3) is 11.8 Å². The number of benzene rings is 2. The first-order chi connectivity index (χ1) is 13.0. The Morgan fingerprint density at radius 3 is 2.26 bits per heavy atom. The second kappa shape index (κ2) is 8.24. The summed E-state index contributed by atoms with van der Waals surface area (Å²) in [7, 11) is 0. The number of amides is 2. The number of carbonyl (C=O) groups excluding carboxylic acids is 2. The number of aromatic nitrogens is 2. The topological polar surface area (TPSA) is 76.0 Å². The van der Waals surface area contributed by atoms with E-state index in [1.165, 1.54) is 0 Å². The van der Waals surface area contributed by atoms with E-state index in [4.69, 9.17) is 23.2 Å². The van der Waals surface area contributed by atoms with Crippen LogP contribution in [0.25, 0.3) is 0 Å². The van der Waals surface area contributed by atoms with E-state index in [1.807, 2.05) is 30.3 Å². The molecule has 2 amide bonds. The van der Waals surface area contributed by atoms with Gasteiger partial charge in [-0.1, -0.05) is 53.5 Å². The summed E-state index contributed by atoms with van der Waals surface area (Å²) in [5.74, 6) is -1.01. The maximum absolute atomic E-state index is 12.5. The molecule has 0 atom stereocenters. The second-order valence-electron chi connectivity index (χ2n) is 5.81. The van der Waals surface area contributed by atoms with Gasteiger partial charge in [0.05, 0.1) is 12.2 Å². The fraction of sp³-hybridized carbons (Fsp3) is 0.105. The van der Waals surface area contributed by atoms with Crippen LogP contribution >= 0.6 is 23.2 Å². The Hall–Kier alpha value is -2.83. The van der Waals surface area contributed by atoms with Crippen molar-refractivity contribution in [3.63, 3.8) is 0 Å². The molecule has 0 bridgehead atoms. The van der Waals surface area contributed by atoms with Crippen molar-refractivity contribution >= 4 is 35.0 Å². The Bertz CT molecular complexity index is 969. The minimum Gasteiger partial charge on any atom is -0.267 e. The van der Waals surface area contributed by atoms with Crippen molar-refractivity contribution in [1.29, 1.82) is 0 Å². The van der Waals surface area contributed by atoms with Crippen molar-refractivity contribution in [3.8, 4) is 0 Å². The SMILES string of the molecule is Cc1nn(Cc2ccccc2)c(Cl)c1C(=O)NNC(=O)c1ccc(Cl)cc1. The molecule has 0 saturated heterocycles. The van der Waals surface area contributed by atoms with Crippen LogP contribution in [0.3, 0.4) is 0 Å². The number of rotatable bonds is 4. The van der Waals surface area contributed by atoms with E-state index in [9.17, 15) is 9.59 Å². The van der Waals surface area contributed by atoms with Crippen LogP contribution in [-0.2, 0) is 6.54 Å². The third kappa shape index (κ3) is 4.48. The molecule has 0 aliphatic carbocycles. The zero-order valence-electron chi connectivity index (χ0n) is 14.4. The lowest BCUT2D eigenvalue weighted by molar-refractivity contribution is 0.0846. The van der Waals surface area contributed by atoms with Crippen LogP contribution in [0.1, 0.15) is 32.0 Å². The summed E-state index contributed by atoms with van der Waals surface area (Å²) >= 11 is 12.1. The molecule has 138 valence electrons. The standard InChI is InChI=1S/C19H16Cl2N4O2/c1-12-16(17(21)25(24-12)11-13-5-3-2-4-6-13)19(27)23-22-18(26)14-7-9-15(20)10-8-14/h2-10H,11H2,1H3,(H,22,26)(H,23,27). The number of hydrazine groups is 1. The maximum atomic E-state index is 12.5. The van der Waals surface area contributed by atoms with Gasteiger partial charge in [-0.15, -0.1) is 0 Å². The molecule has 2 aromatic carbocycles. The van der Waals surface area contributed by atoms with Gasteiger partial charge in [0, 0.05) is 10.6 Å². The zero-order valence-corrected chi connectivity index (χ0v) is 15.9. The molecule has 0 spiro atoms. The number of halogens is 2. The van der Waals surface area contributed by atoms with E-state index in [0.717, 1.165) is 5.56 Å². The normalized spacial score (nSPS) is 10.5. The van der Waals surface area contributed by atoms with E-state index >= 15 is 0 Å². The zero-order chi connectivity index (χ0) is 19.4. The van der Waals surface area contributed by atoms with Crippen LogP contribution in [-0.4, -0.2) is 21.6 Å². The van der Waals surface area contributed by atoms with Gasteiger partial charge in [0.15, 0.2) is 0 Å². The molecule has 0 saturated carbocycles. The Balaban J connectivity index is 1.69. The number of aryl methyl sites for hydroxylation is 1. The molecule has 27 heavy (non-hydrogen) atoms. The Labute approximate surface area is 166 Å². The van der Waals surface area contributed by atoms with Gasteiger partial charge >= 0.3 is 0 Å². The molecular weight excluding hydrogens is 387 g/mol. The third-order valence-electron chi connectivity index (χ3n) is 3.86. The molecule has 8 heteroatoms. The minimum absolute atomic E-state index is 0.203. The first-order valence-corrected chi connectivity index (χ1v) is 8.84.